The van der Waals surface area contributed by atoms with Crippen LogP contribution in [-0.4, -0.2) is 55.6 Å². The van der Waals surface area contributed by atoms with E-state index in [4.69, 9.17) is 5.73 Å². The molecule has 2 N–H and O–H groups in total. The number of hydrogen-bond acceptors (Lipinski definition) is 3. The van der Waals surface area contributed by atoms with E-state index in [9.17, 15) is 0 Å². The van der Waals surface area contributed by atoms with Gasteiger partial charge in [-0.05, 0) is 51.0 Å². The number of likely N-dealkylation sites (tertiary alicyclic amines) is 1. The second kappa shape index (κ2) is 6.58. The van der Waals surface area contributed by atoms with E-state index in [1.807, 2.05) is 0 Å². The zero-order valence-electron chi connectivity index (χ0n) is 11.3. The van der Waals surface area contributed by atoms with Crippen molar-refractivity contribution in [2.75, 3.05) is 45.8 Å². The third kappa shape index (κ3) is 4.04. The molecule has 0 amide bonds. The minimum atomic E-state index is 0.408. The van der Waals surface area contributed by atoms with E-state index < -0.39 is 0 Å². The van der Waals surface area contributed by atoms with Gasteiger partial charge >= 0.3 is 0 Å². The van der Waals surface area contributed by atoms with Crippen LogP contribution in [0.1, 0.15) is 33.6 Å². The first-order chi connectivity index (χ1) is 7.63. The predicted octanol–water partition coefficient (Wildman–Crippen LogP) is 1.39. The first-order valence-corrected chi connectivity index (χ1v) is 6.78. The average molecular weight is 227 g/mol. The van der Waals surface area contributed by atoms with Gasteiger partial charge in [0.1, 0.15) is 0 Å². The van der Waals surface area contributed by atoms with Gasteiger partial charge in [-0.15, -0.1) is 0 Å². The highest BCUT2D eigenvalue weighted by molar-refractivity contribution is 4.83. The maximum absolute atomic E-state index is 5.82. The molecular formula is C13H29N3. The number of piperidine rings is 1. The minimum absolute atomic E-state index is 0.408. The van der Waals surface area contributed by atoms with E-state index in [0.29, 0.717) is 5.41 Å². The summed E-state index contributed by atoms with van der Waals surface area (Å²) in [6.07, 6.45) is 2.53. The second-order valence-electron chi connectivity index (χ2n) is 5.38. The molecule has 0 aromatic rings. The summed E-state index contributed by atoms with van der Waals surface area (Å²) in [4.78, 5) is 5.09. The van der Waals surface area contributed by atoms with Gasteiger partial charge in [0, 0.05) is 13.1 Å². The van der Waals surface area contributed by atoms with Crippen LogP contribution in [0.4, 0.5) is 0 Å². The van der Waals surface area contributed by atoms with Gasteiger partial charge in [-0.25, -0.2) is 0 Å². The zero-order chi connectivity index (χ0) is 12.0. The van der Waals surface area contributed by atoms with Crippen LogP contribution in [0.2, 0.25) is 0 Å². The fourth-order valence-electron chi connectivity index (χ4n) is 2.34. The highest BCUT2D eigenvalue weighted by atomic mass is 15.2. The predicted molar refractivity (Wildman–Crippen MR) is 70.6 cm³/mol. The van der Waals surface area contributed by atoms with E-state index in [0.717, 1.165) is 6.54 Å². The molecule has 1 saturated heterocycles. The Morgan fingerprint density at radius 3 is 2.19 bits per heavy atom. The molecule has 96 valence electrons. The Labute approximate surface area is 101 Å². The van der Waals surface area contributed by atoms with Crippen molar-refractivity contribution < 1.29 is 0 Å². The Bertz CT molecular complexity index is 182. The molecule has 3 nitrogen and oxygen atoms in total. The summed E-state index contributed by atoms with van der Waals surface area (Å²) in [5.74, 6) is 0. The Hall–Kier alpha value is -0.120. The van der Waals surface area contributed by atoms with Crippen LogP contribution in [0, 0.1) is 5.41 Å². The summed E-state index contributed by atoms with van der Waals surface area (Å²) in [5, 5.41) is 0. The van der Waals surface area contributed by atoms with Crippen LogP contribution in [-0.2, 0) is 0 Å². The lowest BCUT2D eigenvalue weighted by molar-refractivity contribution is 0.113. The first kappa shape index (κ1) is 13.9. The van der Waals surface area contributed by atoms with Crippen LogP contribution in [0.5, 0.6) is 0 Å². The molecule has 0 saturated carbocycles. The molecule has 3 heteroatoms. The van der Waals surface area contributed by atoms with Gasteiger partial charge in [0.2, 0.25) is 0 Å². The highest BCUT2D eigenvalue weighted by Gasteiger charge is 2.28. The van der Waals surface area contributed by atoms with Gasteiger partial charge < -0.3 is 15.5 Å². The van der Waals surface area contributed by atoms with E-state index >= 15 is 0 Å². The summed E-state index contributed by atoms with van der Waals surface area (Å²) in [5.41, 5.74) is 6.23. The van der Waals surface area contributed by atoms with Crippen molar-refractivity contribution >= 4 is 0 Å². The third-order valence-corrected chi connectivity index (χ3v) is 4.18. The first-order valence-electron chi connectivity index (χ1n) is 6.78. The Morgan fingerprint density at radius 1 is 1.19 bits per heavy atom. The molecule has 0 spiro atoms. The van der Waals surface area contributed by atoms with Crippen molar-refractivity contribution in [3.63, 3.8) is 0 Å². The molecule has 0 unspecified atom stereocenters. The van der Waals surface area contributed by atoms with Crippen LogP contribution < -0.4 is 5.73 Å². The maximum Gasteiger partial charge on any atom is 0.0109 e. The summed E-state index contributed by atoms with van der Waals surface area (Å²) < 4.78 is 0. The fourth-order valence-corrected chi connectivity index (χ4v) is 2.34. The molecule has 16 heavy (non-hydrogen) atoms. The summed E-state index contributed by atoms with van der Waals surface area (Å²) in [6, 6.07) is 0. The van der Waals surface area contributed by atoms with Crippen molar-refractivity contribution in [1.82, 2.24) is 9.80 Å². The Kier molecular flexibility index (Phi) is 5.73. The third-order valence-electron chi connectivity index (χ3n) is 4.18. The molecule has 0 aromatic heterocycles. The number of hydrogen-bond donors (Lipinski definition) is 1. The largest absolute Gasteiger partial charge is 0.330 e. The molecule has 0 radical (unpaired) electrons. The lowest BCUT2D eigenvalue weighted by Gasteiger charge is -2.39. The van der Waals surface area contributed by atoms with Crippen LogP contribution in [0.25, 0.3) is 0 Å². The highest BCUT2D eigenvalue weighted by Crippen LogP contribution is 2.29. The number of nitrogens with zero attached hydrogens (tertiary/aromatic N) is 2. The maximum atomic E-state index is 5.82. The molecule has 1 fully saturated rings. The lowest BCUT2D eigenvalue weighted by atomic mass is 9.80. The van der Waals surface area contributed by atoms with Gasteiger partial charge in [0.15, 0.2) is 0 Å². The Morgan fingerprint density at radius 2 is 1.75 bits per heavy atom. The molecular weight excluding hydrogens is 198 g/mol. The quantitative estimate of drug-likeness (QED) is 0.744. The van der Waals surface area contributed by atoms with Gasteiger partial charge in [0.25, 0.3) is 0 Å². The number of nitrogens with two attached hydrogens (primary N) is 1. The summed E-state index contributed by atoms with van der Waals surface area (Å²) >= 11 is 0. The minimum Gasteiger partial charge on any atom is -0.330 e. The lowest BCUT2D eigenvalue weighted by Crippen LogP contribution is -2.44. The molecule has 1 rings (SSSR count). The van der Waals surface area contributed by atoms with Crippen molar-refractivity contribution in [3.05, 3.63) is 0 Å². The van der Waals surface area contributed by atoms with Crippen LogP contribution >= 0.6 is 0 Å². The van der Waals surface area contributed by atoms with E-state index in [1.165, 1.54) is 52.1 Å². The summed E-state index contributed by atoms with van der Waals surface area (Å²) in [7, 11) is 0. The smallest absolute Gasteiger partial charge is 0.0109 e. The van der Waals surface area contributed by atoms with Crippen LogP contribution in [0.3, 0.4) is 0 Å². The Balaban J connectivity index is 2.22. The monoisotopic (exact) mass is 227 g/mol. The van der Waals surface area contributed by atoms with Crippen molar-refractivity contribution in [2.24, 2.45) is 11.1 Å². The van der Waals surface area contributed by atoms with Gasteiger partial charge in [0.05, 0.1) is 0 Å². The van der Waals surface area contributed by atoms with Crippen molar-refractivity contribution in [3.8, 4) is 0 Å². The second-order valence-corrected chi connectivity index (χ2v) is 5.38. The van der Waals surface area contributed by atoms with E-state index in [2.05, 4.69) is 30.6 Å². The number of likely N-dealkylation sites (N-methyl/N-ethyl adjacent to an activating group) is 1. The van der Waals surface area contributed by atoms with Crippen LogP contribution in [0.15, 0.2) is 0 Å². The molecule has 1 heterocycles. The average Bonchev–Trinajstić information content (AvgIpc) is 2.33. The van der Waals surface area contributed by atoms with Crippen molar-refractivity contribution in [2.45, 2.75) is 33.6 Å². The van der Waals surface area contributed by atoms with Gasteiger partial charge in [-0.3, -0.25) is 0 Å². The molecule has 0 aromatic carbocycles. The molecule has 0 atom stereocenters. The molecule has 0 bridgehead atoms. The molecule has 1 aliphatic heterocycles. The zero-order valence-corrected chi connectivity index (χ0v) is 11.3. The van der Waals surface area contributed by atoms with E-state index in [-0.39, 0.29) is 0 Å². The standard InChI is InChI=1S/C13H29N3/c1-4-15(5-2)10-11-16-8-6-13(3,12-14)7-9-16/h4-12,14H2,1-3H3. The number of rotatable bonds is 6. The summed E-state index contributed by atoms with van der Waals surface area (Å²) in [6.45, 7) is 14.9. The topological polar surface area (TPSA) is 32.5 Å². The fraction of sp³-hybridized carbons (Fsp3) is 1.00. The molecule has 0 aliphatic carbocycles. The molecule has 1 aliphatic rings. The van der Waals surface area contributed by atoms with E-state index in [1.54, 1.807) is 0 Å². The van der Waals surface area contributed by atoms with Crippen molar-refractivity contribution in [1.29, 1.82) is 0 Å². The van der Waals surface area contributed by atoms with Gasteiger partial charge in [-0.1, -0.05) is 20.8 Å². The SMILES string of the molecule is CCN(CC)CCN1CCC(C)(CN)CC1. The van der Waals surface area contributed by atoms with Gasteiger partial charge in [-0.2, -0.15) is 0 Å². The normalized spacial score (nSPS) is 21.6.